The molecule has 0 aromatic carbocycles. The number of hydrogen-bond acceptors (Lipinski definition) is 5. The van der Waals surface area contributed by atoms with E-state index in [1.165, 1.54) is 43.7 Å². The zero-order valence-corrected chi connectivity index (χ0v) is 11.7. The molecule has 0 bridgehead atoms. The lowest BCUT2D eigenvalue weighted by molar-refractivity contribution is -0.380. The first-order chi connectivity index (χ1) is 9.22. The van der Waals surface area contributed by atoms with Gasteiger partial charge in [-0.05, 0) is 44.3 Å². The van der Waals surface area contributed by atoms with E-state index in [0.29, 0.717) is 0 Å². The average Bonchev–Trinajstić information content (AvgIpc) is 2.94. The van der Waals surface area contributed by atoms with Crippen molar-refractivity contribution in [3.05, 3.63) is 27.1 Å². The fraction of sp³-hybridized carbons (Fsp3) is 0.692. The van der Waals surface area contributed by atoms with Gasteiger partial charge in [0, 0.05) is 30.1 Å². The Bertz CT molecular complexity index is 458. The molecule has 1 aliphatic carbocycles. The Morgan fingerprint density at radius 1 is 1.42 bits per heavy atom. The second-order valence-electron chi connectivity index (χ2n) is 5.51. The fourth-order valence-corrected chi connectivity index (χ4v) is 3.55. The summed E-state index contributed by atoms with van der Waals surface area (Å²) in [5.74, 6) is 0.746. The van der Waals surface area contributed by atoms with Crippen LogP contribution in [0.2, 0.25) is 0 Å². The highest BCUT2D eigenvalue weighted by Crippen LogP contribution is 2.31. The second-order valence-corrected chi connectivity index (χ2v) is 6.66. The first kappa shape index (κ1) is 13.0. The molecule has 104 valence electrons. The summed E-state index contributed by atoms with van der Waals surface area (Å²) in [6, 6.07) is 4.32. The zero-order chi connectivity index (χ0) is 13.2. The van der Waals surface area contributed by atoms with Gasteiger partial charge < -0.3 is 10.2 Å². The predicted molar refractivity (Wildman–Crippen MR) is 75.4 cm³/mol. The molecule has 0 spiro atoms. The summed E-state index contributed by atoms with van der Waals surface area (Å²) >= 11 is 1.27. The smallest absolute Gasteiger partial charge is 0.312 e. The van der Waals surface area contributed by atoms with Crippen LogP contribution < -0.4 is 5.32 Å². The Kier molecular flexibility index (Phi) is 3.81. The van der Waals surface area contributed by atoms with Gasteiger partial charge in [-0.15, -0.1) is 0 Å². The number of nitrogens with zero attached hydrogens (tertiary/aromatic N) is 2. The lowest BCUT2D eigenvalue weighted by Gasteiger charge is -2.14. The van der Waals surface area contributed by atoms with Gasteiger partial charge >= 0.3 is 5.00 Å². The Hall–Kier alpha value is -0.980. The number of hydrogen-bond donors (Lipinski definition) is 1. The summed E-state index contributed by atoms with van der Waals surface area (Å²) in [6.45, 7) is 4.25. The van der Waals surface area contributed by atoms with Crippen LogP contribution in [0.3, 0.4) is 0 Å². The van der Waals surface area contributed by atoms with Crippen LogP contribution in [0.25, 0.3) is 0 Å². The molecule has 5 nitrogen and oxygen atoms in total. The van der Waals surface area contributed by atoms with E-state index in [1.807, 2.05) is 6.07 Å². The van der Waals surface area contributed by atoms with Gasteiger partial charge in [0.1, 0.15) is 0 Å². The molecule has 1 saturated heterocycles. The molecular formula is C13H19N3O2S. The number of thiophene rings is 1. The lowest BCUT2D eigenvalue weighted by atomic mass is 10.1. The van der Waals surface area contributed by atoms with Crippen LogP contribution in [0.15, 0.2) is 12.1 Å². The van der Waals surface area contributed by atoms with Crippen molar-refractivity contribution >= 4 is 16.3 Å². The molecule has 0 amide bonds. The van der Waals surface area contributed by atoms with E-state index in [2.05, 4.69) is 10.2 Å². The first-order valence-corrected chi connectivity index (χ1v) is 7.72. The molecular weight excluding hydrogens is 262 g/mol. The van der Waals surface area contributed by atoms with Gasteiger partial charge in [-0.1, -0.05) is 11.3 Å². The summed E-state index contributed by atoms with van der Waals surface area (Å²) in [6.07, 6.45) is 4.06. The van der Waals surface area contributed by atoms with E-state index >= 15 is 0 Å². The van der Waals surface area contributed by atoms with Crippen LogP contribution >= 0.6 is 11.3 Å². The van der Waals surface area contributed by atoms with Gasteiger partial charge in [0.2, 0.25) is 0 Å². The van der Waals surface area contributed by atoms with Crippen molar-refractivity contribution in [2.45, 2.75) is 31.8 Å². The van der Waals surface area contributed by atoms with Gasteiger partial charge in [0.15, 0.2) is 0 Å². The highest BCUT2D eigenvalue weighted by atomic mass is 32.1. The maximum absolute atomic E-state index is 10.6. The minimum atomic E-state index is -0.321. The molecule has 1 aromatic rings. The average molecular weight is 281 g/mol. The summed E-state index contributed by atoms with van der Waals surface area (Å²) in [5, 5.41) is 14.3. The molecule has 1 atom stereocenters. The van der Waals surface area contributed by atoms with E-state index in [-0.39, 0.29) is 9.92 Å². The van der Waals surface area contributed by atoms with Crippen molar-refractivity contribution in [1.29, 1.82) is 0 Å². The van der Waals surface area contributed by atoms with E-state index in [9.17, 15) is 10.1 Å². The maximum Gasteiger partial charge on any atom is 0.324 e. The van der Waals surface area contributed by atoms with Gasteiger partial charge in [-0.2, -0.15) is 0 Å². The van der Waals surface area contributed by atoms with Crippen molar-refractivity contribution in [2.24, 2.45) is 5.92 Å². The summed E-state index contributed by atoms with van der Waals surface area (Å²) in [5.41, 5.74) is 0. The highest BCUT2D eigenvalue weighted by molar-refractivity contribution is 7.15. The van der Waals surface area contributed by atoms with Gasteiger partial charge in [0.05, 0.1) is 4.92 Å². The van der Waals surface area contributed by atoms with Crippen LogP contribution in [0.4, 0.5) is 5.00 Å². The van der Waals surface area contributed by atoms with Crippen molar-refractivity contribution in [1.82, 2.24) is 10.2 Å². The van der Waals surface area contributed by atoms with Crippen LogP contribution in [-0.2, 0) is 6.54 Å². The molecule has 1 unspecified atom stereocenters. The molecule has 19 heavy (non-hydrogen) atoms. The van der Waals surface area contributed by atoms with Crippen molar-refractivity contribution in [3.63, 3.8) is 0 Å². The van der Waals surface area contributed by atoms with E-state index in [1.54, 1.807) is 6.07 Å². The van der Waals surface area contributed by atoms with Gasteiger partial charge in [0.25, 0.3) is 0 Å². The Morgan fingerprint density at radius 2 is 2.26 bits per heavy atom. The minimum Gasteiger partial charge on any atom is -0.312 e. The largest absolute Gasteiger partial charge is 0.324 e. The number of rotatable bonds is 6. The lowest BCUT2D eigenvalue weighted by Crippen LogP contribution is -2.27. The molecule has 2 heterocycles. The van der Waals surface area contributed by atoms with E-state index in [0.717, 1.165) is 29.9 Å². The highest BCUT2D eigenvalue weighted by Gasteiger charge is 2.33. The monoisotopic (exact) mass is 281 g/mol. The molecule has 1 aromatic heterocycles. The normalized spacial score (nSPS) is 23.9. The van der Waals surface area contributed by atoms with E-state index < -0.39 is 0 Å². The minimum absolute atomic E-state index is 0.234. The van der Waals surface area contributed by atoms with Crippen molar-refractivity contribution in [2.75, 3.05) is 19.6 Å². The zero-order valence-electron chi connectivity index (χ0n) is 10.9. The van der Waals surface area contributed by atoms with Crippen LogP contribution in [0.1, 0.15) is 24.1 Å². The maximum atomic E-state index is 10.6. The summed E-state index contributed by atoms with van der Waals surface area (Å²) in [7, 11) is 0. The number of likely N-dealkylation sites (tertiary alicyclic amines) is 1. The van der Waals surface area contributed by atoms with Crippen LogP contribution in [0, 0.1) is 16.0 Å². The van der Waals surface area contributed by atoms with Gasteiger partial charge in [-0.25, -0.2) is 0 Å². The van der Waals surface area contributed by atoms with Crippen molar-refractivity contribution in [3.8, 4) is 0 Å². The quantitative estimate of drug-likeness (QED) is 0.641. The standard InChI is InChI=1S/C13H19N3O2S/c17-16(18)13-4-3-12(19-13)8-14-7-10-5-6-15(9-10)11-1-2-11/h3-4,10-11,14H,1-2,5-9H2. The molecule has 1 saturated carbocycles. The van der Waals surface area contributed by atoms with Crippen LogP contribution in [0.5, 0.6) is 0 Å². The molecule has 6 heteroatoms. The third-order valence-corrected chi connectivity index (χ3v) is 4.98. The number of nitrogens with one attached hydrogen (secondary N) is 1. The third kappa shape index (κ3) is 3.32. The topological polar surface area (TPSA) is 58.4 Å². The second kappa shape index (κ2) is 5.56. The van der Waals surface area contributed by atoms with Gasteiger partial charge in [-0.3, -0.25) is 10.1 Å². The number of nitro groups is 1. The summed E-state index contributed by atoms with van der Waals surface area (Å²) < 4.78 is 0. The SMILES string of the molecule is O=[N+]([O-])c1ccc(CNCC2CCN(C3CC3)C2)s1. The third-order valence-electron chi connectivity index (χ3n) is 3.94. The molecule has 0 radical (unpaired) electrons. The predicted octanol–water partition coefficient (Wildman–Crippen LogP) is 2.23. The Morgan fingerprint density at radius 3 is 2.95 bits per heavy atom. The molecule has 2 aliphatic rings. The molecule has 1 aliphatic heterocycles. The Balaban J connectivity index is 1.39. The van der Waals surface area contributed by atoms with E-state index in [4.69, 9.17) is 0 Å². The van der Waals surface area contributed by atoms with Crippen molar-refractivity contribution < 1.29 is 4.92 Å². The molecule has 3 rings (SSSR count). The Labute approximate surface area is 116 Å². The first-order valence-electron chi connectivity index (χ1n) is 6.90. The fourth-order valence-electron chi connectivity index (χ4n) is 2.76. The molecule has 2 fully saturated rings. The summed E-state index contributed by atoms with van der Waals surface area (Å²) in [4.78, 5) is 13.9. The van der Waals surface area contributed by atoms with Crippen LogP contribution in [-0.4, -0.2) is 35.5 Å². The molecule has 1 N–H and O–H groups in total.